The first kappa shape index (κ1) is 15.6. The quantitative estimate of drug-likeness (QED) is 0.849. The number of aromatic nitrogens is 4. The Bertz CT molecular complexity index is 691. The number of carbonyl (C=O) groups excluding carboxylic acids is 1. The van der Waals surface area contributed by atoms with Crippen LogP contribution in [0.1, 0.15) is 39.2 Å². The smallest absolute Gasteiger partial charge is 0.241 e. The van der Waals surface area contributed by atoms with Gasteiger partial charge in [0.25, 0.3) is 0 Å². The van der Waals surface area contributed by atoms with Crippen LogP contribution in [0.5, 0.6) is 0 Å². The van der Waals surface area contributed by atoms with Gasteiger partial charge in [0.1, 0.15) is 0 Å². The fourth-order valence-corrected chi connectivity index (χ4v) is 2.53. The van der Waals surface area contributed by atoms with Crippen molar-refractivity contribution in [2.45, 2.75) is 45.2 Å². The van der Waals surface area contributed by atoms with Crippen LogP contribution in [-0.4, -0.2) is 32.2 Å². The van der Waals surface area contributed by atoms with E-state index in [1.165, 1.54) is 0 Å². The first-order valence-electron chi connectivity index (χ1n) is 7.99. The van der Waals surface area contributed by atoms with Crippen molar-refractivity contribution >= 4 is 11.6 Å². The predicted octanol–water partition coefficient (Wildman–Crippen LogP) is 1.99. The lowest BCUT2D eigenvalue weighted by molar-refractivity contribution is -0.117. The topological polar surface area (TPSA) is 98.7 Å². The van der Waals surface area contributed by atoms with Crippen LogP contribution >= 0.6 is 0 Å². The van der Waals surface area contributed by atoms with Crippen LogP contribution < -0.4 is 11.1 Å². The fourth-order valence-electron chi connectivity index (χ4n) is 2.53. The summed E-state index contributed by atoms with van der Waals surface area (Å²) >= 11 is 0. The molecule has 3 rings (SSSR count). The monoisotopic (exact) mass is 314 g/mol. The second-order valence-electron chi connectivity index (χ2n) is 6.48. The fraction of sp³-hybridized carbons (Fsp3) is 0.500. The SMILES string of the molecule is CC(C)C[C@H](N)C(=O)Nc1cccc(-c2nnnn2C2CC2)c1. The number of benzene rings is 1. The number of hydrogen-bond donors (Lipinski definition) is 2. The summed E-state index contributed by atoms with van der Waals surface area (Å²) in [7, 11) is 0. The third-order valence-electron chi connectivity index (χ3n) is 3.84. The first-order valence-corrected chi connectivity index (χ1v) is 7.99. The van der Waals surface area contributed by atoms with Gasteiger partial charge in [0, 0.05) is 11.3 Å². The van der Waals surface area contributed by atoms with Gasteiger partial charge in [0.15, 0.2) is 5.82 Å². The molecular weight excluding hydrogens is 292 g/mol. The molecule has 122 valence electrons. The molecule has 3 N–H and O–H groups in total. The van der Waals surface area contributed by atoms with Gasteiger partial charge in [-0.25, -0.2) is 4.68 Å². The molecule has 23 heavy (non-hydrogen) atoms. The van der Waals surface area contributed by atoms with E-state index in [1.807, 2.05) is 42.8 Å². The summed E-state index contributed by atoms with van der Waals surface area (Å²) in [6.45, 7) is 4.09. The maximum atomic E-state index is 12.1. The minimum absolute atomic E-state index is 0.169. The predicted molar refractivity (Wildman–Crippen MR) is 87.6 cm³/mol. The number of nitrogens with two attached hydrogens (primary N) is 1. The van der Waals surface area contributed by atoms with Crippen LogP contribution in [-0.2, 0) is 4.79 Å². The zero-order valence-corrected chi connectivity index (χ0v) is 13.4. The molecule has 0 aliphatic heterocycles. The molecule has 1 saturated carbocycles. The Labute approximate surface area is 135 Å². The second kappa shape index (κ2) is 6.45. The Balaban J connectivity index is 1.75. The van der Waals surface area contributed by atoms with Crippen molar-refractivity contribution < 1.29 is 4.79 Å². The normalized spacial score (nSPS) is 15.7. The van der Waals surface area contributed by atoms with Crippen molar-refractivity contribution in [2.75, 3.05) is 5.32 Å². The molecule has 2 aromatic rings. The molecule has 1 aliphatic rings. The average molecular weight is 314 g/mol. The van der Waals surface area contributed by atoms with Gasteiger partial charge in [-0.05, 0) is 47.7 Å². The maximum absolute atomic E-state index is 12.1. The summed E-state index contributed by atoms with van der Waals surface area (Å²) in [6.07, 6.45) is 2.88. The average Bonchev–Trinajstić information content (AvgIpc) is 3.23. The molecule has 1 atom stereocenters. The summed E-state index contributed by atoms with van der Waals surface area (Å²) in [6, 6.07) is 7.44. The molecule has 0 spiro atoms. The van der Waals surface area contributed by atoms with Crippen LogP contribution in [0, 0.1) is 5.92 Å². The Morgan fingerprint density at radius 3 is 2.91 bits per heavy atom. The molecule has 1 heterocycles. The summed E-state index contributed by atoms with van der Waals surface area (Å²) in [5, 5.41) is 14.8. The molecule has 1 aromatic heterocycles. The lowest BCUT2D eigenvalue weighted by Crippen LogP contribution is -2.36. The van der Waals surface area contributed by atoms with Gasteiger partial charge in [-0.3, -0.25) is 4.79 Å². The number of carbonyl (C=O) groups is 1. The molecule has 0 saturated heterocycles. The summed E-state index contributed by atoms with van der Waals surface area (Å²) in [5.74, 6) is 0.943. The molecule has 1 fully saturated rings. The standard InChI is InChI=1S/C16H22N6O/c1-10(2)8-14(17)16(23)18-12-5-3-4-11(9-12)15-19-20-21-22(15)13-6-7-13/h3-5,9-10,13-14H,6-8,17H2,1-2H3,(H,18,23)/t14-/m0/s1. The zero-order chi connectivity index (χ0) is 16.4. The Morgan fingerprint density at radius 2 is 2.22 bits per heavy atom. The van der Waals surface area contributed by atoms with Crippen LogP contribution in [0.4, 0.5) is 5.69 Å². The van der Waals surface area contributed by atoms with Gasteiger partial charge < -0.3 is 11.1 Å². The first-order chi connectivity index (χ1) is 11.0. The Kier molecular flexibility index (Phi) is 4.38. The Hall–Kier alpha value is -2.28. The minimum Gasteiger partial charge on any atom is -0.325 e. The number of amides is 1. The van der Waals surface area contributed by atoms with E-state index in [9.17, 15) is 4.79 Å². The molecular formula is C16H22N6O. The largest absolute Gasteiger partial charge is 0.325 e. The molecule has 1 amide bonds. The van der Waals surface area contributed by atoms with Gasteiger partial charge in [0.2, 0.25) is 5.91 Å². The van der Waals surface area contributed by atoms with Crippen molar-refractivity contribution in [3.63, 3.8) is 0 Å². The lowest BCUT2D eigenvalue weighted by Gasteiger charge is -2.14. The molecule has 1 aromatic carbocycles. The zero-order valence-electron chi connectivity index (χ0n) is 13.4. The van der Waals surface area contributed by atoms with Gasteiger partial charge in [-0.2, -0.15) is 0 Å². The summed E-state index contributed by atoms with van der Waals surface area (Å²) in [5.41, 5.74) is 7.51. The molecule has 7 heteroatoms. The number of hydrogen-bond acceptors (Lipinski definition) is 5. The van der Waals surface area contributed by atoms with Crippen LogP contribution in [0.3, 0.4) is 0 Å². The minimum atomic E-state index is -0.504. The summed E-state index contributed by atoms with van der Waals surface area (Å²) in [4.78, 5) is 12.1. The van der Waals surface area contributed by atoms with E-state index in [0.29, 0.717) is 24.1 Å². The Morgan fingerprint density at radius 1 is 1.43 bits per heavy atom. The van der Waals surface area contributed by atoms with Crippen molar-refractivity contribution in [1.82, 2.24) is 20.2 Å². The van der Waals surface area contributed by atoms with Gasteiger partial charge in [-0.15, -0.1) is 5.10 Å². The van der Waals surface area contributed by atoms with Crippen LogP contribution in [0.2, 0.25) is 0 Å². The number of nitrogens with zero attached hydrogens (tertiary/aromatic N) is 4. The van der Waals surface area contributed by atoms with Gasteiger partial charge in [-0.1, -0.05) is 26.0 Å². The van der Waals surface area contributed by atoms with Crippen LogP contribution in [0.25, 0.3) is 11.4 Å². The lowest BCUT2D eigenvalue weighted by atomic mass is 10.0. The third-order valence-corrected chi connectivity index (χ3v) is 3.84. The van der Waals surface area contributed by atoms with E-state index in [0.717, 1.165) is 24.2 Å². The van der Waals surface area contributed by atoms with E-state index >= 15 is 0 Å². The highest BCUT2D eigenvalue weighted by Crippen LogP contribution is 2.36. The van der Waals surface area contributed by atoms with E-state index < -0.39 is 6.04 Å². The highest BCUT2D eigenvalue weighted by molar-refractivity contribution is 5.95. The summed E-state index contributed by atoms with van der Waals surface area (Å²) < 4.78 is 1.85. The van der Waals surface area contributed by atoms with Crippen molar-refractivity contribution in [2.24, 2.45) is 11.7 Å². The molecule has 0 unspecified atom stereocenters. The number of rotatable bonds is 6. The highest BCUT2D eigenvalue weighted by Gasteiger charge is 2.28. The van der Waals surface area contributed by atoms with E-state index in [1.54, 1.807) is 0 Å². The molecule has 7 nitrogen and oxygen atoms in total. The van der Waals surface area contributed by atoms with Gasteiger partial charge in [0.05, 0.1) is 12.1 Å². The molecule has 0 bridgehead atoms. The number of anilines is 1. The van der Waals surface area contributed by atoms with Crippen molar-refractivity contribution in [1.29, 1.82) is 0 Å². The number of nitrogens with one attached hydrogen (secondary N) is 1. The third kappa shape index (κ3) is 3.73. The van der Waals surface area contributed by atoms with E-state index in [2.05, 4.69) is 20.8 Å². The molecule has 1 aliphatic carbocycles. The number of tetrazole rings is 1. The molecule has 0 radical (unpaired) electrons. The highest BCUT2D eigenvalue weighted by atomic mass is 16.2. The maximum Gasteiger partial charge on any atom is 0.241 e. The van der Waals surface area contributed by atoms with Crippen molar-refractivity contribution in [3.8, 4) is 11.4 Å². The van der Waals surface area contributed by atoms with Crippen LogP contribution in [0.15, 0.2) is 24.3 Å². The van der Waals surface area contributed by atoms with Crippen molar-refractivity contribution in [3.05, 3.63) is 24.3 Å². The van der Waals surface area contributed by atoms with E-state index in [4.69, 9.17) is 5.73 Å². The second-order valence-corrected chi connectivity index (χ2v) is 6.48. The van der Waals surface area contributed by atoms with Gasteiger partial charge >= 0.3 is 0 Å². The van der Waals surface area contributed by atoms with E-state index in [-0.39, 0.29) is 5.91 Å².